The Balaban J connectivity index is 0.00000242. The largest absolute Gasteiger partial charge is 0.348 e. The summed E-state index contributed by atoms with van der Waals surface area (Å²) in [6.45, 7) is 6.62. The number of nitrogens with one attached hydrogen (secondary N) is 1. The minimum atomic E-state index is -0.102. The quantitative estimate of drug-likeness (QED) is 0.860. The summed E-state index contributed by atoms with van der Waals surface area (Å²) in [7, 11) is 0. The van der Waals surface area contributed by atoms with Gasteiger partial charge in [0.05, 0.1) is 11.1 Å². The Hall–Kier alpha value is -1.36. The van der Waals surface area contributed by atoms with Gasteiger partial charge >= 0.3 is 0 Å². The first-order valence-electron chi connectivity index (χ1n) is 7.38. The summed E-state index contributed by atoms with van der Waals surface area (Å²) in [6, 6.07) is 9.60. The second-order valence-corrected chi connectivity index (χ2v) is 5.87. The van der Waals surface area contributed by atoms with E-state index in [-0.39, 0.29) is 36.8 Å². The lowest BCUT2D eigenvalue weighted by atomic mass is 10.0. The van der Waals surface area contributed by atoms with Crippen LogP contribution < -0.4 is 11.1 Å². The summed E-state index contributed by atoms with van der Waals surface area (Å²) < 4.78 is 0. The molecule has 23 heavy (non-hydrogen) atoms. The van der Waals surface area contributed by atoms with Crippen LogP contribution in [0.2, 0.25) is 0 Å². The zero-order chi connectivity index (χ0) is 15.4. The number of hydrogen-bond acceptors (Lipinski definition) is 3. The topological polar surface area (TPSA) is 68.0 Å². The van der Waals surface area contributed by atoms with Crippen molar-refractivity contribution in [2.45, 2.75) is 33.2 Å². The lowest BCUT2D eigenvalue weighted by molar-refractivity contribution is 0.0935. The molecule has 0 spiro atoms. The number of halogens is 2. The van der Waals surface area contributed by atoms with E-state index in [4.69, 9.17) is 5.73 Å². The van der Waals surface area contributed by atoms with E-state index in [9.17, 15) is 4.79 Å². The molecular weight excluding hydrogens is 333 g/mol. The number of fused-ring (bicyclic) bond motifs is 1. The second kappa shape index (κ2) is 9.71. The number of amides is 1. The lowest BCUT2D eigenvalue weighted by Crippen LogP contribution is -2.41. The minimum Gasteiger partial charge on any atom is -0.348 e. The van der Waals surface area contributed by atoms with Gasteiger partial charge in [-0.05, 0) is 31.4 Å². The Morgan fingerprint density at radius 2 is 1.91 bits per heavy atom. The molecule has 1 aromatic carbocycles. The molecule has 0 saturated heterocycles. The van der Waals surface area contributed by atoms with Crippen molar-refractivity contribution >= 4 is 41.6 Å². The van der Waals surface area contributed by atoms with Crippen LogP contribution in [-0.2, 0) is 0 Å². The summed E-state index contributed by atoms with van der Waals surface area (Å²) in [5, 5.41) is 4.00. The smallest absolute Gasteiger partial charge is 0.253 e. The molecule has 0 radical (unpaired) electrons. The molecule has 1 aromatic heterocycles. The highest BCUT2D eigenvalue weighted by Crippen LogP contribution is 2.17. The maximum atomic E-state index is 12.5. The molecule has 0 bridgehead atoms. The molecular formula is C17H25Cl2N3O. The van der Waals surface area contributed by atoms with Crippen molar-refractivity contribution in [1.29, 1.82) is 0 Å². The van der Waals surface area contributed by atoms with Crippen molar-refractivity contribution < 1.29 is 4.79 Å². The van der Waals surface area contributed by atoms with Crippen LogP contribution in [0.15, 0.2) is 30.3 Å². The molecule has 0 aliphatic heterocycles. The van der Waals surface area contributed by atoms with Crippen molar-refractivity contribution in [3.05, 3.63) is 41.6 Å². The molecule has 3 N–H and O–H groups in total. The monoisotopic (exact) mass is 357 g/mol. The summed E-state index contributed by atoms with van der Waals surface area (Å²) in [6.07, 6.45) is 0.874. The fourth-order valence-corrected chi connectivity index (χ4v) is 2.47. The molecule has 128 valence electrons. The van der Waals surface area contributed by atoms with Gasteiger partial charge in [0.15, 0.2) is 0 Å². The molecule has 1 atom stereocenters. The molecule has 2 rings (SSSR count). The summed E-state index contributed by atoms with van der Waals surface area (Å²) >= 11 is 0. The number of aryl methyl sites for hydroxylation is 1. The van der Waals surface area contributed by atoms with Crippen molar-refractivity contribution in [1.82, 2.24) is 10.3 Å². The Bertz CT molecular complexity index is 647. The number of rotatable bonds is 5. The van der Waals surface area contributed by atoms with Crippen LogP contribution in [0, 0.1) is 12.8 Å². The maximum absolute atomic E-state index is 12.5. The number of pyridine rings is 1. The van der Waals surface area contributed by atoms with Gasteiger partial charge in [-0.15, -0.1) is 24.8 Å². The molecule has 1 heterocycles. The van der Waals surface area contributed by atoms with Crippen LogP contribution in [0.4, 0.5) is 0 Å². The van der Waals surface area contributed by atoms with Crippen LogP contribution in [0.5, 0.6) is 0 Å². The SMILES string of the molecule is Cc1ccc2cccc(C(=O)NC(CN)CC(C)C)c2n1.Cl.Cl. The number of hydrogen-bond donors (Lipinski definition) is 2. The maximum Gasteiger partial charge on any atom is 0.253 e. The third-order valence-electron chi connectivity index (χ3n) is 3.48. The number of carbonyl (C=O) groups excluding carboxylic acids is 1. The van der Waals surface area contributed by atoms with Gasteiger partial charge in [0.2, 0.25) is 0 Å². The summed E-state index contributed by atoms with van der Waals surface area (Å²) in [5.74, 6) is 0.390. The normalized spacial score (nSPS) is 11.5. The second-order valence-electron chi connectivity index (χ2n) is 5.87. The van der Waals surface area contributed by atoms with Gasteiger partial charge in [-0.1, -0.05) is 32.0 Å². The van der Waals surface area contributed by atoms with E-state index in [1.165, 1.54) is 0 Å². The number of para-hydroxylation sites is 1. The summed E-state index contributed by atoms with van der Waals surface area (Å²) in [5.41, 5.74) is 8.01. The van der Waals surface area contributed by atoms with E-state index >= 15 is 0 Å². The fraction of sp³-hybridized carbons (Fsp3) is 0.412. The van der Waals surface area contributed by atoms with Gasteiger partial charge in [0.1, 0.15) is 0 Å². The van der Waals surface area contributed by atoms with Crippen molar-refractivity contribution in [2.75, 3.05) is 6.54 Å². The highest BCUT2D eigenvalue weighted by atomic mass is 35.5. The van der Waals surface area contributed by atoms with Crippen LogP contribution >= 0.6 is 24.8 Å². The first-order valence-corrected chi connectivity index (χ1v) is 7.38. The number of carbonyl (C=O) groups is 1. The molecule has 0 fully saturated rings. The molecule has 6 heteroatoms. The highest BCUT2D eigenvalue weighted by Gasteiger charge is 2.16. The van der Waals surface area contributed by atoms with Crippen LogP contribution in [-0.4, -0.2) is 23.5 Å². The first kappa shape index (κ1) is 21.6. The van der Waals surface area contributed by atoms with E-state index < -0.39 is 0 Å². The number of nitrogens with zero attached hydrogens (tertiary/aromatic N) is 1. The van der Waals surface area contributed by atoms with Gasteiger partial charge in [-0.25, -0.2) is 0 Å². The molecule has 1 unspecified atom stereocenters. The van der Waals surface area contributed by atoms with E-state index in [1.807, 2.05) is 37.3 Å². The molecule has 0 aliphatic rings. The van der Waals surface area contributed by atoms with Gasteiger partial charge in [-0.3, -0.25) is 9.78 Å². The van der Waals surface area contributed by atoms with E-state index in [1.54, 1.807) is 0 Å². The molecule has 0 aliphatic carbocycles. The van der Waals surface area contributed by atoms with Gasteiger partial charge in [-0.2, -0.15) is 0 Å². The standard InChI is InChI=1S/C17H23N3O.2ClH/c1-11(2)9-14(10-18)20-17(21)15-6-4-5-13-8-7-12(3)19-16(13)15;;/h4-8,11,14H,9-10,18H2,1-3H3,(H,20,21);2*1H. The number of nitrogens with two attached hydrogens (primary N) is 1. The van der Waals surface area contributed by atoms with Crippen LogP contribution in [0.1, 0.15) is 36.3 Å². The Morgan fingerprint density at radius 1 is 1.22 bits per heavy atom. The highest BCUT2D eigenvalue weighted by molar-refractivity contribution is 6.05. The third-order valence-corrected chi connectivity index (χ3v) is 3.48. The third kappa shape index (κ3) is 5.65. The first-order chi connectivity index (χ1) is 10.0. The minimum absolute atomic E-state index is 0. The van der Waals surface area contributed by atoms with Gasteiger partial charge < -0.3 is 11.1 Å². The molecule has 1 amide bonds. The Morgan fingerprint density at radius 3 is 2.52 bits per heavy atom. The molecule has 4 nitrogen and oxygen atoms in total. The van der Waals surface area contributed by atoms with E-state index in [2.05, 4.69) is 24.1 Å². The summed E-state index contributed by atoms with van der Waals surface area (Å²) in [4.78, 5) is 17.0. The average molecular weight is 358 g/mol. The lowest BCUT2D eigenvalue weighted by Gasteiger charge is -2.19. The van der Waals surface area contributed by atoms with E-state index in [0.29, 0.717) is 18.0 Å². The van der Waals surface area contributed by atoms with E-state index in [0.717, 1.165) is 23.0 Å². The van der Waals surface area contributed by atoms with Crippen molar-refractivity contribution in [2.24, 2.45) is 11.7 Å². The molecule has 0 saturated carbocycles. The average Bonchev–Trinajstić information content (AvgIpc) is 2.45. The zero-order valence-corrected chi connectivity index (χ0v) is 15.3. The van der Waals surface area contributed by atoms with Crippen molar-refractivity contribution in [3.63, 3.8) is 0 Å². The number of benzene rings is 1. The Labute approximate surface area is 150 Å². The van der Waals surface area contributed by atoms with Gasteiger partial charge in [0, 0.05) is 23.7 Å². The molecule has 2 aromatic rings. The predicted octanol–water partition coefficient (Wildman–Crippen LogP) is 3.49. The Kier molecular flexibility index (Phi) is 9.13. The van der Waals surface area contributed by atoms with Crippen LogP contribution in [0.25, 0.3) is 10.9 Å². The van der Waals surface area contributed by atoms with Gasteiger partial charge in [0.25, 0.3) is 5.91 Å². The van der Waals surface area contributed by atoms with Crippen LogP contribution in [0.3, 0.4) is 0 Å². The van der Waals surface area contributed by atoms with Crippen molar-refractivity contribution in [3.8, 4) is 0 Å². The zero-order valence-electron chi connectivity index (χ0n) is 13.7. The number of aromatic nitrogens is 1. The fourth-order valence-electron chi connectivity index (χ4n) is 2.47. The predicted molar refractivity (Wildman–Crippen MR) is 101 cm³/mol.